The summed E-state index contributed by atoms with van der Waals surface area (Å²) in [6, 6.07) is 6.40. The summed E-state index contributed by atoms with van der Waals surface area (Å²) in [6.07, 6.45) is 7.17. The Morgan fingerprint density at radius 1 is 1.16 bits per heavy atom. The predicted octanol–water partition coefficient (Wildman–Crippen LogP) is 2.48. The van der Waals surface area contributed by atoms with Crippen molar-refractivity contribution in [2.75, 3.05) is 24.5 Å². The molecule has 3 fully saturated rings. The molecule has 9 heteroatoms. The average Bonchev–Trinajstić information content (AvgIpc) is 3.55. The van der Waals surface area contributed by atoms with E-state index < -0.39 is 11.6 Å². The van der Waals surface area contributed by atoms with Gasteiger partial charge < -0.3 is 15.1 Å². The van der Waals surface area contributed by atoms with Crippen LogP contribution in [0.2, 0.25) is 0 Å². The molecule has 3 heterocycles. The van der Waals surface area contributed by atoms with E-state index in [0.29, 0.717) is 31.7 Å². The first-order chi connectivity index (χ1) is 15.5. The number of piperazine rings is 1. The van der Waals surface area contributed by atoms with Crippen molar-refractivity contribution in [3.05, 3.63) is 53.5 Å². The third kappa shape index (κ3) is 3.79. The van der Waals surface area contributed by atoms with E-state index in [2.05, 4.69) is 20.2 Å². The molecule has 5 rings (SSSR count). The summed E-state index contributed by atoms with van der Waals surface area (Å²) in [7, 11) is 0. The van der Waals surface area contributed by atoms with Gasteiger partial charge in [-0.3, -0.25) is 4.79 Å². The number of rotatable bonds is 6. The highest BCUT2D eigenvalue weighted by Gasteiger charge is 2.45. The van der Waals surface area contributed by atoms with Crippen LogP contribution in [0.25, 0.3) is 0 Å². The first-order valence-electron chi connectivity index (χ1n) is 11.0. The summed E-state index contributed by atoms with van der Waals surface area (Å²) in [4.78, 5) is 25.6. The summed E-state index contributed by atoms with van der Waals surface area (Å²) in [5, 5.41) is 12.3. The molecule has 2 unspecified atom stereocenters. The molecular formula is C23H24F2N6O. The van der Waals surface area contributed by atoms with Gasteiger partial charge in [0.1, 0.15) is 11.9 Å². The quantitative estimate of drug-likeness (QED) is 0.746. The van der Waals surface area contributed by atoms with Crippen molar-refractivity contribution >= 4 is 11.7 Å². The van der Waals surface area contributed by atoms with E-state index in [4.69, 9.17) is 5.26 Å². The van der Waals surface area contributed by atoms with Gasteiger partial charge in [0, 0.05) is 43.7 Å². The zero-order valence-electron chi connectivity index (χ0n) is 17.6. The number of carbonyl (C=O) groups excluding carboxylic acids is 1. The van der Waals surface area contributed by atoms with Crippen LogP contribution in [0.1, 0.15) is 43.4 Å². The van der Waals surface area contributed by atoms with E-state index >= 15 is 0 Å². The lowest BCUT2D eigenvalue weighted by molar-refractivity contribution is -0.132. The summed E-state index contributed by atoms with van der Waals surface area (Å²) in [5.41, 5.74) is 0.680. The molecule has 3 aliphatic rings. The van der Waals surface area contributed by atoms with Crippen molar-refractivity contribution in [2.45, 2.75) is 49.7 Å². The number of anilines is 1. The fraction of sp³-hybridized carbons (Fsp3) is 0.478. The molecule has 1 N–H and O–H groups in total. The molecule has 0 radical (unpaired) electrons. The minimum atomic E-state index is -0.847. The molecule has 1 amide bonds. The predicted molar refractivity (Wildman–Crippen MR) is 113 cm³/mol. The highest BCUT2D eigenvalue weighted by Crippen LogP contribution is 2.45. The summed E-state index contributed by atoms with van der Waals surface area (Å²) < 4.78 is 26.9. The topological polar surface area (TPSA) is 85.2 Å². The zero-order valence-corrected chi connectivity index (χ0v) is 17.6. The van der Waals surface area contributed by atoms with Gasteiger partial charge in [0.25, 0.3) is 0 Å². The van der Waals surface area contributed by atoms with Crippen LogP contribution >= 0.6 is 0 Å². The first kappa shape index (κ1) is 20.8. The van der Waals surface area contributed by atoms with Crippen LogP contribution in [0.4, 0.5) is 14.6 Å². The van der Waals surface area contributed by atoms with Crippen molar-refractivity contribution in [3.63, 3.8) is 0 Å². The van der Waals surface area contributed by atoms with E-state index in [-0.39, 0.29) is 23.5 Å². The van der Waals surface area contributed by atoms with Gasteiger partial charge in [-0.2, -0.15) is 5.26 Å². The standard InChI is InChI=1S/C23H24F2N6O/c24-19-4-1-15(9-20(19)25)23(6-7-23)29-8-5-22(32)30-13-17-2-3-18(14-30)31(17)21-12-27-16(10-26)11-28-21/h1,4,9,11-12,17-18,29H,2-3,5-8,13-14H2. The maximum absolute atomic E-state index is 13.6. The van der Waals surface area contributed by atoms with Crippen molar-refractivity contribution in [2.24, 2.45) is 0 Å². The second-order valence-corrected chi connectivity index (χ2v) is 8.85. The van der Waals surface area contributed by atoms with Crippen LogP contribution in [-0.2, 0) is 10.3 Å². The number of likely N-dealkylation sites (tertiary alicyclic amines) is 1. The number of fused-ring (bicyclic) bond motifs is 2. The van der Waals surface area contributed by atoms with E-state index in [1.165, 1.54) is 12.3 Å². The lowest BCUT2D eigenvalue weighted by Gasteiger charge is -2.41. The monoisotopic (exact) mass is 438 g/mol. The average molecular weight is 438 g/mol. The summed E-state index contributed by atoms with van der Waals surface area (Å²) in [5.74, 6) is -0.832. The molecule has 2 saturated heterocycles. The molecule has 2 aliphatic heterocycles. The number of aromatic nitrogens is 2. The van der Waals surface area contributed by atoms with Gasteiger partial charge in [0.15, 0.2) is 17.3 Å². The van der Waals surface area contributed by atoms with E-state index in [1.54, 1.807) is 12.3 Å². The fourth-order valence-electron chi connectivity index (χ4n) is 5.05. The Bertz CT molecular complexity index is 1050. The number of hydrogen-bond donors (Lipinski definition) is 1. The number of nitriles is 1. The number of carbonyl (C=O) groups is 1. The highest BCUT2D eigenvalue weighted by molar-refractivity contribution is 5.77. The molecule has 0 spiro atoms. The Labute approximate surface area is 185 Å². The number of nitrogens with one attached hydrogen (secondary N) is 1. The van der Waals surface area contributed by atoms with Gasteiger partial charge in [0.2, 0.25) is 5.91 Å². The minimum Gasteiger partial charge on any atom is -0.346 e. The van der Waals surface area contributed by atoms with E-state index in [1.807, 2.05) is 11.0 Å². The van der Waals surface area contributed by atoms with Crippen LogP contribution in [-0.4, -0.2) is 52.5 Å². The minimum absolute atomic E-state index is 0.0982. The van der Waals surface area contributed by atoms with Gasteiger partial charge in [-0.25, -0.2) is 18.7 Å². The van der Waals surface area contributed by atoms with E-state index in [0.717, 1.165) is 43.1 Å². The van der Waals surface area contributed by atoms with Gasteiger partial charge >= 0.3 is 0 Å². The van der Waals surface area contributed by atoms with Crippen LogP contribution in [0.5, 0.6) is 0 Å². The van der Waals surface area contributed by atoms with Crippen LogP contribution < -0.4 is 10.2 Å². The third-order valence-electron chi connectivity index (χ3n) is 6.88. The molecule has 2 bridgehead atoms. The number of hydrogen-bond acceptors (Lipinski definition) is 6. The Kier molecular flexibility index (Phi) is 5.25. The van der Waals surface area contributed by atoms with Gasteiger partial charge in [0.05, 0.1) is 12.4 Å². The van der Waals surface area contributed by atoms with Crippen molar-refractivity contribution in [3.8, 4) is 6.07 Å². The number of nitrogens with zero attached hydrogens (tertiary/aromatic N) is 5. The second-order valence-electron chi connectivity index (χ2n) is 8.85. The molecule has 166 valence electrons. The van der Waals surface area contributed by atoms with Crippen LogP contribution in [0, 0.1) is 23.0 Å². The summed E-state index contributed by atoms with van der Waals surface area (Å²) >= 11 is 0. The molecule has 2 aromatic rings. The maximum Gasteiger partial charge on any atom is 0.223 e. The lowest BCUT2D eigenvalue weighted by Crippen LogP contribution is -2.56. The molecule has 2 atom stereocenters. The molecule has 1 aliphatic carbocycles. The summed E-state index contributed by atoms with van der Waals surface area (Å²) in [6.45, 7) is 1.78. The highest BCUT2D eigenvalue weighted by atomic mass is 19.2. The SMILES string of the molecule is N#Cc1cnc(N2C3CCC2CN(C(=O)CCNC2(c4ccc(F)c(F)c4)CC2)C3)cn1. The van der Waals surface area contributed by atoms with Crippen LogP contribution in [0.15, 0.2) is 30.6 Å². The first-order valence-corrected chi connectivity index (χ1v) is 11.0. The molecule has 32 heavy (non-hydrogen) atoms. The van der Waals surface area contributed by atoms with Crippen LogP contribution in [0.3, 0.4) is 0 Å². The van der Waals surface area contributed by atoms with Gasteiger partial charge in [-0.15, -0.1) is 0 Å². The lowest BCUT2D eigenvalue weighted by atomic mass is 10.0. The van der Waals surface area contributed by atoms with Crippen molar-refractivity contribution < 1.29 is 13.6 Å². The Balaban J connectivity index is 1.16. The molecular weight excluding hydrogens is 414 g/mol. The largest absolute Gasteiger partial charge is 0.346 e. The Morgan fingerprint density at radius 3 is 2.50 bits per heavy atom. The van der Waals surface area contributed by atoms with Crippen molar-refractivity contribution in [1.29, 1.82) is 5.26 Å². The zero-order chi connectivity index (χ0) is 22.3. The fourth-order valence-corrected chi connectivity index (χ4v) is 5.05. The Morgan fingerprint density at radius 2 is 1.91 bits per heavy atom. The molecule has 7 nitrogen and oxygen atoms in total. The van der Waals surface area contributed by atoms with Gasteiger partial charge in [-0.1, -0.05) is 6.07 Å². The smallest absolute Gasteiger partial charge is 0.223 e. The number of halogens is 2. The number of benzene rings is 1. The molecule has 1 aromatic heterocycles. The third-order valence-corrected chi connectivity index (χ3v) is 6.88. The van der Waals surface area contributed by atoms with Gasteiger partial charge in [-0.05, 0) is 43.4 Å². The Hall–Kier alpha value is -3.12. The molecule has 1 aromatic carbocycles. The van der Waals surface area contributed by atoms with Crippen molar-refractivity contribution in [1.82, 2.24) is 20.2 Å². The van der Waals surface area contributed by atoms with E-state index in [9.17, 15) is 13.6 Å². The second kappa shape index (κ2) is 8.10. The number of amides is 1. The normalized spacial score (nSPS) is 23.2. The molecule has 1 saturated carbocycles. The maximum atomic E-state index is 13.6.